The van der Waals surface area contributed by atoms with E-state index in [1.807, 2.05) is 12.1 Å². The third-order valence-electron chi connectivity index (χ3n) is 2.75. The van der Waals surface area contributed by atoms with Crippen LogP contribution < -0.4 is 10.1 Å². The lowest BCUT2D eigenvalue weighted by atomic mass is 10.2. The maximum absolute atomic E-state index is 5.15. The van der Waals surface area contributed by atoms with Crippen molar-refractivity contribution in [1.29, 1.82) is 0 Å². The van der Waals surface area contributed by atoms with Crippen molar-refractivity contribution in [2.45, 2.75) is 26.4 Å². The summed E-state index contributed by atoms with van der Waals surface area (Å²) in [4.78, 5) is 2.33. The molecule has 0 fully saturated rings. The lowest BCUT2D eigenvalue weighted by Gasteiger charge is -2.21. The van der Waals surface area contributed by atoms with Gasteiger partial charge in [0.05, 0.1) is 7.11 Å². The first-order valence-electron chi connectivity index (χ1n) is 6.20. The van der Waals surface area contributed by atoms with Crippen molar-refractivity contribution in [3.05, 3.63) is 29.8 Å². The predicted molar refractivity (Wildman–Crippen MR) is 72.5 cm³/mol. The third-order valence-corrected chi connectivity index (χ3v) is 2.75. The lowest BCUT2D eigenvalue weighted by Crippen LogP contribution is -2.36. The minimum absolute atomic E-state index is 0.531. The Hall–Kier alpha value is -1.06. The maximum atomic E-state index is 5.15. The first-order valence-corrected chi connectivity index (χ1v) is 6.20. The smallest absolute Gasteiger partial charge is 0.118 e. The summed E-state index contributed by atoms with van der Waals surface area (Å²) in [7, 11) is 3.84. The molecule has 1 unspecified atom stereocenters. The molecule has 0 aliphatic heterocycles. The van der Waals surface area contributed by atoms with E-state index in [2.05, 4.69) is 43.2 Å². The SMILES string of the molecule is CCNC(C)CN(C)Cc1ccc(OC)cc1. The number of nitrogens with zero attached hydrogens (tertiary/aromatic N) is 1. The Morgan fingerprint density at radius 1 is 1.29 bits per heavy atom. The van der Waals surface area contributed by atoms with Gasteiger partial charge in [-0.15, -0.1) is 0 Å². The molecule has 1 N–H and O–H groups in total. The Kier molecular flexibility index (Phi) is 6.01. The Morgan fingerprint density at radius 3 is 2.47 bits per heavy atom. The standard InChI is InChI=1S/C14H24N2O/c1-5-15-12(2)10-16(3)11-13-6-8-14(17-4)9-7-13/h6-9,12,15H,5,10-11H2,1-4H3. The van der Waals surface area contributed by atoms with Gasteiger partial charge in [0.2, 0.25) is 0 Å². The summed E-state index contributed by atoms with van der Waals surface area (Å²) < 4.78 is 5.15. The molecule has 1 rings (SSSR count). The number of hydrogen-bond donors (Lipinski definition) is 1. The molecule has 1 aromatic carbocycles. The van der Waals surface area contributed by atoms with Crippen molar-refractivity contribution in [2.24, 2.45) is 0 Å². The summed E-state index contributed by atoms with van der Waals surface area (Å²) in [5, 5.41) is 3.42. The molecule has 0 amide bonds. The minimum Gasteiger partial charge on any atom is -0.497 e. The highest BCUT2D eigenvalue weighted by molar-refractivity contribution is 5.27. The van der Waals surface area contributed by atoms with Crippen molar-refractivity contribution in [1.82, 2.24) is 10.2 Å². The summed E-state index contributed by atoms with van der Waals surface area (Å²) >= 11 is 0. The fraction of sp³-hybridized carbons (Fsp3) is 0.571. The van der Waals surface area contributed by atoms with Gasteiger partial charge in [-0.2, -0.15) is 0 Å². The fourth-order valence-corrected chi connectivity index (χ4v) is 1.99. The quantitative estimate of drug-likeness (QED) is 0.785. The first kappa shape index (κ1) is 14.0. The molecule has 0 aromatic heterocycles. The second-order valence-corrected chi connectivity index (χ2v) is 4.50. The molecule has 3 heteroatoms. The van der Waals surface area contributed by atoms with E-state index in [1.54, 1.807) is 7.11 Å². The molecular formula is C14H24N2O. The van der Waals surface area contributed by atoms with Gasteiger partial charge in [0.25, 0.3) is 0 Å². The summed E-state index contributed by atoms with van der Waals surface area (Å²) in [6.45, 7) is 7.41. The maximum Gasteiger partial charge on any atom is 0.118 e. The van der Waals surface area contributed by atoms with Crippen LogP contribution in [-0.4, -0.2) is 38.2 Å². The van der Waals surface area contributed by atoms with E-state index in [0.717, 1.165) is 25.4 Å². The molecule has 3 nitrogen and oxygen atoms in total. The van der Waals surface area contributed by atoms with Gasteiger partial charge in [0.1, 0.15) is 5.75 Å². The summed E-state index contributed by atoms with van der Waals surface area (Å²) in [6, 6.07) is 8.79. The topological polar surface area (TPSA) is 24.5 Å². The molecule has 0 saturated carbocycles. The van der Waals surface area contributed by atoms with Crippen LogP contribution in [0.3, 0.4) is 0 Å². The van der Waals surface area contributed by atoms with E-state index in [0.29, 0.717) is 6.04 Å². The van der Waals surface area contributed by atoms with Crippen molar-refractivity contribution in [3.63, 3.8) is 0 Å². The largest absolute Gasteiger partial charge is 0.497 e. The van der Waals surface area contributed by atoms with Gasteiger partial charge < -0.3 is 15.0 Å². The number of nitrogens with one attached hydrogen (secondary N) is 1. The summed E-state index contributed by atoms with van der Waals surface area (Å²) in [5.41, 5.74) is 1.32. The molecule has 0 aliphatic carbocycles. The zero-order valence-electron chi connectivity index (χ0n) is 11.4. The molecular weight excluding hydrogens is 212 g/mol. The molecule has 0 aliphatic rings. The number of benzene rings is 1. The van der Waals surface area contributed by atoms with E-state index in [-0.39, 0.29) is 0 Å². The Bertz CT molecular complexity index is 311. The molecule has 17 heavy (non-hydrogen) atoms. The monoisotopic (exact) mass is 236 g/mol. The summed E-state index contributed by atoms with van der Waals surface area (Å²) in [5.74, 6) is 0.914. The Labute approximate surface area is 105 Å². The van der Waals surface area contributed by atoms with Crippen molar-refractivity contribution in [2.75, 3.05) is 27.2 Å². The molecule has 96 valence electrons. The van der Waals surface area contributed by atoms with Crippen molar-refractivity contribution < 1.29 is 4.74 Å². The van der Waals surface area contributed by atoms with E-state index in [4.69, 9.17) is 4.74 Å². The van der Waals surface area contributed by atoms with Crippen LogP contribution >= 0.6 is 0 Å². The molecule has 0 radical (unpaired) electrons. The molecule has 0 spiro atoms. The Morgan fingerprint density at radius 2 is 1.94 bits per heavy atom. The van der Waals surface area contributed by atoms with Gasteiger partial charge in [-0.3, -0.25) is 0 Å². The van der Waals surface area contributed by atoms with Gasteiger partial charge in [-0.05, 0) is 38.2 Å². The van der Waals surface area contributed by atoms with Gasteiger partial charge in [0, 0.05) is 19.1 Å². The van der Waals surface area contributed by atoms with Crippen LogP contribution in [-0.2, 0) is 6.54 Å². The van der Waals surface area contributed by atoms with Crippen molar-refractivity contribution in [3.8, 4) is 5.75 Å². The normalized spacial score (nSPS) is 12.8. The van der Waals surface area contributed by atoms with Crippen LogP contribution in [0.15, 0.2) is 24.3 Å². The minimum atomic E-state index is 0.531. The third kappa shape index (κ3) is 5.20. The average molecular weight is 236 g/mol. The fourth-order valence-electron chi connectivity index (χ4n) is 1.99. The average Bonchev–Trinajstić information content (AvgIpc) is 2.30. The van der Waals surface area contributed by atoms with Gasteiger partial charge in [-0.25, -0.2) is 0 Å². The number of likely N-dealkylation sites (N-methyl/N-ethyl adjacent to an activating group) is 2. The number of ether oxygens (including phenoxy) is 1. The zero-order chi connectivity index (χ0) is 12.7. The van der Waals surface area contributed by atoms with E-state index in [9.17, 15) is 0 Å². The van der Waals surface area contributed by atoms with Crippen LogP contribution in [0.1, 0.15) is 19.4 Å². The predicted octanol–water partition coefficient (Wildman–Crippen LogP) is 2.12. The van der Waals surface area contributed by atoms with Crippen LogP contribution in [0.2, 0.25) is 0 Å². The second kappa shape index (κ2) is 7.30. The van der Waals surface area contributed by atoms with Crippen molar-refractivity contribution >= 4 is 0 Å². The highest BCUT2D eigenvalue weighted by Crippen LogP contribution is 2.12. The second-order valence-electron chi connectivity index (χ2n) is 4.50. The number of methoxy groups -OCH3 is 1. The van der Waals surface area contributed by atoms with E-state index in [1.165, 1.54) is 5.56 Å². The molecule has 1 aromatic rings. The highest BCUT2D eigenvalue weighted by Gasteiger charge is 2.05. The zero-order valence-corrected chi connectivity index (χ0v) is 11.4. The molecule has 1 atom stereocenters. The van der Waals surface area contributed by atoms with E-state index >= 15 is 0 Å². The molecule has 0 bridgehead atoms. The Balaban J connectivity index is 2.41. The molecule has 0 heterocycles. The van der Waals surface area contributed by atoms with Gasteiger partial charge in [-0.1, -0.05) is 19.1 Å². The number of hydrogen-bond acceptors (Lipinski definition) is 3. The number of rotatable bonds is 7. The first-order chi connectivity index (χ1) is 8.15. The van der Waals surface area contributed by atoms with Crippen LogP contribution in [0.5, 0.6) is 5.75 Å². The highest BCUT2D eigenvalue weighted by atomic mass is 16.5. The molecule has 0 saturated heterocycles. The lowest BCUT2D eigenvalue weighted by molar-refractivity contribution is 0.291. The van der Waals surface area contributed by atoms with Gasteiger partial charge in [0.15, 0.2) is 0 Å². The van der Waals surface area contributed by atoms with E-state index < -0.39 is 0 Å². The summed E-state index contributed by atoms with van der Waals surface area (Å²) in [6.07, 6.45) is 0. The van der Waals surface area contributed by atoms with Crippen LogP contribution in [0.25, 0.3) is 0 Å². The van der Waals surface area contributed by atoms with Crippen LogP contribution in [0, 0.1) is 0 Å². The van der Waals surface area contributed by atoms with Crippen LogP contribution in [0.4, 0.5) is 0 Å². The van der Waals surface area contributed by atoms with Gasteiger partial charge >= 0.3 is 0 Å².